The van der Waals surface area contributed by atoms with E-state index in [9.17, 15) is 9.59 Å². The Morgan fingerprint density at radius 3 is 2.29 bits per heavy atom. The summed E-state index contributed by atoms with van der Waals surface area (Å²) < 4.78 is 0. The molecule has 0 bridgehead atoms. The molecule has 1 N–H and O–H groups in total. The van der Waals surface area contributed by atoms with Crippen LogP contribution in [0.4, 0.5) is 0 Å². The van der Waals surface area contributed by atoms with E-state index in [2.05, 4.69) is 0 Å². The largest absolute Gasteiger partial charge is 0.481 e. The SMILES string of the molecule is C[C@@H]1CN(C(=O)C2CC3CC3C2)C[C@H]1C(=O)O. The van der Waals surface area contributed by atoms with E-state index < -0.39 is 5.97 Å². The minimum absolute atomic E-state index is 0.0902. The van der Waals surface area contributed by atoms with Crippen molar-refractivity contribution in [2.75, 3.05) is 13.1 Å². The first kappa shape index (κ1) is 11.1. The third kappa shape index (κ3) is 1.83. The van der Waals surface area contributed by atoms with Gasteiger partial charge in [-0.15, -0.1) is 0 Å². The van der Waals surface area contributed by atoms with Crippen molar-refractivity contribution < 1.29 is 14.7 Å². The summed E-state index contributed by atoms with van der Waals surface area (Å²) in [5.41, 5.74) is 0. The molecule has 1 aliphatic heterocycles. The van der Waals surface area contributed by atoms with Crippen molar-refractivity contribution in [3.8, 4) is 0 Å². The molecule has 0 spiro atoms. The second kappa shape index (κ2) is 3.72. The van der Waals surface area contributed by atoms with Crippen molar-refractivity contribution in [1.82, 2.24) is 4.90 Å². The number of amides is 1. The van der Waals surface area contributed by atoms with Crippen molar-refractivity contribution in [2.45, 2.75) is 26.2 Å². The molecule has 2 aliphatic carbocycles. The monoisotopic (exact) mass is 237 g/mol. The Kier molecular flexibility index (Phi) is 2.42. The molecule has 0 aromatic heterocycles. The highest BCUT2D eigenvalue weighted by molar-refractivity contribution is 5.81. The third-order valence-corrected chi connectivity index (χ3v) is 4.83. The van der Waals surface area contributed by atoms with E-state index >= 15 is 0 Å². The fraction of sp³-hybridized carbons (Fsp3) is 0.846. The highest BCUT2D eigenvalue weighted by Gasteiger charge is 2.50. The average molecular weight is 237 g/mol. The van der Waals surface area contributed by atoms with Crippen molar-refractivity contribution in [3.63, 3.8) is 0 Å². The van der Waals surface area contributed by atoms with E-state index in [-0.39, 0.29) is 23.7 Å². The zero-order valence-electron chi connectivity index (χ0n) is 10.1. The Morgan fingerprint density at radius 1 is 1.12 bits per heavy atom. The Labute approximate surface area is 101 Å². The van der Waals surface area contributed by atoms with E-state index in [1.807, 2.05) is 6.92 Å². The van der Waals surface area contributed by atoms with Gasteiger partial charge in [-0.3, -0.25) is 9.59 Å². The lowest BCUT2D eigenvalue weighted by atomic mass is 9.99. The van der Waals surface area contributed by atoms with E-state index in [0.29, 0.717) is 13.1 Å². The van der Waals surface area contributed by atoms with Crippen LogP contribution in [-0.4, -0.2) is 35.0 Å². The molecule has 0 radical (unpaired) electrons. The van der Waals surface area contributed by atoms with Crippen LogP contribution < -0.4 is 0 Å². The van der Waals surface area contributed by atoms with Gasteiger partial charge in [-0.25, -0.2) is 0 Å². The standard InChI is InChI=1S/C13H19NO3/c1-7-5-14(6-11(7)13(16)17)12(15)10-3-8-2-9(8)4-10/h7-11H,2-6H2,1H3,(H,16,17)/t7-,8?,9?,10?,11-/m1/s1. The van der Waals surface area contributed by atoms with Gasteiger partial charge in [0.1, 0.15) is 0 Å². The maximum Gasteiger partial charge on any atom is 0.308 e. The number of carbonyl (C=O) groups is 2. The van der Waals surface area contributed by atoms with Crippen LogP contribution in [0, 0.1) is 29.6 Å². The summed E-state index contributed by atoms with van der Waals surface area (Å²) in [5, 5.41) is 9.06. The predicted octanol–water partition coefficient (Wildman–Crippen LogP) is 1.21. The van der Waals surface area contributed by atoms with Crippen LogP contribution in [0.25, 0.3) is 0 Å². The fourth-order valence-electron chi connectivity index (χ4n) is 3.64. The smallest absolute Gasteiger partial charge is 0.308 e. The minimum Gasteiger partial charge on any atom is -0.481 e. The molecular weight excluding hydrogens is 218 g/mol. The minimum atomic E-state index is -0.762. The molecule has 3 fully saturated rings. The normalized spacial score (nSPS) is 43.6. The van der Waals surface area contributed by atoms with Gasteiger partial charge in [0.15, 0.2) is 0 Å². The number of rotatable bonds is 2. The van der Waals surface area contributed by atoms with Crippen LogP contribution in [0.5, 0.6) is 0 Å². The summed E-state index contributed by atoms with van der Waals surface area (Å²) in [5.74, 6) is 0.981. The van der Waals surface area contributed by atoms with Crippen LogP contribution in [0.2, 0.25) is 0 Å². The molecule has 17 heavy (non-hydrogen) atoms. The number of carboxylic acids is 1. The topological polar surface area (TPSA) is 57.6 Å². The molecule has 2 unspecified atom stereocenters. The summed E-state index contributed by atoms with van der Waals surface area (Å²) in [7, 11) is 0. The van der Waals surface area contributed by atoms with Crippen molar-refractivity contribution in [3.05, 3.63) is 0 Å². The summed E-state index contributed by atoms with van der Waals surface area (Å²) in [4.78, 5) is 25.1. The fourth-order valence-corrected chi connectivity index (χ4v) is 3.64. The van der Waals surface area contributed by atoms with Crippen molar-refractivity contribution in [1.29, 1.82) is 0 Å². The van der Waals surface area contributed by atoms with Gasteiger partial charge in [0, 0.05) is 19.0 Å². The number of likely N-dealkylation sites (tertiary alicyclic amines) is 1. The number of hydrogen-bond donors (Lipinski definition) is 1. The highest BCUT2D eigenvalue weighted by atomic mass is 16.4. The molecule has 0 aromatic rings. The van der Waals surface area contributed by atoms with Gasteiger partial charge in [-0.1, -0.05) is 6.92 Å². The first-order chi connectivity index (χ1) is 8.06. The van der Waals surface area contributed by atoms with E-state index in [0.717, 1.165) is 24.7 Å². The lowest BCUT2D eigenvalue weighted by Gasteiger charge is -2.21. The maximum atomic E-state index is 12.3. The van der Waals surface area contributed by atoms with E-state index in [1.54, 1.807) is 4.90 Å². The zero-order valence-corrected chi connectivity index (χ0v) is 10.1. The van der Waals surface area contributed by atoms with Gasteiger partial charge in [-0.05, 0) is 37.0 Å². The van der Waals surface area contributed by atoms with Crippen LogP contribution in [0.1, 0.15) is 26.2 Å². The van der Waals surface area contributed by atoms with Crippen LogP contribution in [0.3, 0.4) is 0 Å². The molecule has 94 valence electrons. The molecule has 2 saturated carbocycles. The van der Waals surface area contributed by atoms with Gasteiger partial charge in [0.2, 0.25) is 5.91 Å². The quantitative estimate of drug-likeness (QED) is 0.785. The molecule has 3 rings (SSSR count). The lowest BCUT2D eigenvalue weighted by Crippen LogP contribution is -2.34. The maximum absolute atomic E-state index is 12.3. The van der Waals surface area contributed by atoms with Crippen LogP contribution in [0.15, 0.2) is 0 Å². The number of fused-ring (bicyclic) bond motifs is 1. The van der Waals surface area contributed by atoms with Gasteiger partial charge in [0.05, 0.1) is 5.92 Å². The Bertz CT molecular complexity index is 358. The molecule has 1 amide bonds. The molecule has 0 aromatic carbocycles. The summed E-state index contributed by atoms with van der Waals surface area (Å²) >= 11 is 0. The number of aliphatic carboxylic acids is 1. The summed E-state index contributed by atoms with van der Waals surface area (Å²) in [6.45, 7) is 2.97. The number of hydrogen-bond acceptors (Lipinski definition) is 2. The first-order valence-electron chi connectivity index (χ1n) is 6.58. The average Bonchev–Trinajstić information content (AvgIpc) is 2.74. The van der Waals surface area contributed by atoms with Gasteiger partial charge in [0.25, 0.3) is 0 Å². The molecule has 3 aliphatic rings. The lowest BCUT2D eigenvalue weighted by molar-refractivity contribution is -0.142. The Morgan fingerprint density at radius 2 is 1.76 bits per heavy atom. The Balaban J connectivity index is 1.61. The number of nitrogens with zero attached hydrogens (tertiary/aromatic N) is 1. The van der Waals surface area contributed by atoms with Crippen molar-refractivity contribution in [2.24, 2.45) is 29.6 Å². The second-order valence-corrected chi connectivity index (χ2v) is 6.09. The van der Waals surface area contributed by atoms with Crippen LogP contribution >= 0.6 is 0 Å². The van der Waals surface area contributed by atoms with Crippen molar-refractivity contribution >= 4 is 11.9 Å². The van der Waals surface area contributed by atoms with Gasteiger partial charge < -0.3 is 10.0 Å². The second-order valence-electron chi connectivity index (χ2n) is 6.09. The number of carboxylic acid groups (broad SMARTS) is 1. The third-order valence-electron chi connectivity index (χ3n) is 4.83. The first-order valence-corrected chi connectivity index (χ1v) is 6.58. The molecular formula is C13H19NO3. The molecule has 4 atom stereocenters. The van der Waals surface area contributed by atoms with Crippen LogP contribution in [-0.2, 0) is 9.59 Å². The zero-order chi connectivity index (χ0) is 12.2. The van der Waals surface area contributed by atoms with Gasteiger partial charge in [-0.2, -0.15) is 0 Å². The summed E-state index contributed by atoms with van der Waals surface area (Å²) in [6.07, 6.45) is 3.41. The van der Waals surface area contributed by atoms with E-state index in [1.165, 1.54) is 6.42 Å². The molecule has 4 nitrogen and oxygen atoms in total. The molecule has 4 heteroatoms. The van der Waals surface area contributed by atoms with Gasteiger partial charge >= 0.3 is 5.97 Å². The summed E-state index contributed by atoms with van der Waals surface area (Å²) in [6, 6.07) is 0. The molecule has 1 saturated heterocycles. The molecule has 1 heterocycles. The highest BCUT2D eigenvalue weighted by Crippen LogP contribution is 2.54. The number of carbonyl (C=O) groups excluding carboxylic acids is 1. The predicted molar refractivity (Wildman–Crippen MR) is 61.2 cm³/mol. The van der Waals surface area contributed by atoms with E-state index in [4.69, 9.17) is 5.11 Å². The Hall–Kier alpha value is -1.06.